The smallest absolute Gasteiger partial charge is 0.340 e. The molecule has 0 bridgehead atoms. The fourth-order valence-electron chi connectivity index (χ4n) is 2.28. The van der Waals surface area contributed by atoms with Gasteiger partial charge in [0.2, 0.25) is 0 Å². The second kappa shape index (κ2) is 8.13. The van der Waals surface area contributed by atoms with E-state index >= 15 is 0 Å². The van der Waals surface area contributed by atoms with Gasteiger partial charge in [0.15, 0.2) is 11.5 Å². The average Bonchev–Trinajstić information content (AvgIpc) is 2.66. The van der Waals surface area contributed by atoms with Crippen molar-refractivity contribution in [1.29, 1.82) is 0 Å². The fourth-order valence-corrected chi connectivity index (χ4v) is 3.38. The van der Waals surface area contributed by atoms with Crippen LogP contribution in [0.2, 0.25) is 0 Å². The highest BCUT2D eigenvalue weighted by atomic mass is 32.2. The Morgan fingerprint density at radius 3 is 2.14 bits per heavy atom. The van der Waals surface area contributed by atoms with Gasteiger partial charge in [0, 0.05) is 12.1 Å². The standard InChI is InChI=1S/C17H16FNO8S/c1-25-14-7-11(17(22)27-3)13(8-15(14)26-2)19-28(23,24)9-4-5-12(18)10(6-9)16(20)21/h4-8,19H,1-3H3,(H,20,21). The largest absolute Gasteiger partial charge is 0.493 e. The summed E-state index contributed by atoms with van der Waals surface area (Å²) in [5, 5.41) is 8.97. The Balaban J connectivity index is 2.58. The summed E-state index contributed by atoms with van der Waals surface area (Å²) in [4.78, 5) is 22.6. The van der Waals surface area contributed by atoms with Gasteiger partial charge in [-0.3, -0.25) is 4.72 Å². The van der Waals surface area contributed by atoms with E-state index in [-0.39, 0.29) is 22.7 Å². The highest BCUT2D eigenvalue weighted by Gasteiger charge is 2.24. The van der Waals surface area contributed by atoms with Crippen molar-refractivity contribution in [2.45, 2.75) is 4.90 Å². The van der Waals surface area contributed by atoms with E-state index in [1.807, 2.05) is 0 Å². The molecule has 2 rings (SSSR count). The first-order chi connectivity index (χ1) is 13.1. The van der Waals surface area contributed by atoms with Crippen molar-refractivity contribution in [3.63, 3.8) is 0 Å². The third kappa shape index (κ3) is 4.14. The zero-order valence-corrected chi connectivity index (χ0v) is 15.8. The van der Waals surface area contributed by atoms with E-state index in [4.69, 9.17) is 14.6 Å². The molecule has 0 heterocycles. The van der Waals surface area contributed by atoms with Gasteiger partial charge in [0.05, 0.1) is 43.0 Å². The SMILES string of the molecule is COC(=O)c1cc(OC)c(OC)cc1NS(=O)(=O)c1ccc(F)c(C(=O)O)c1. The number of carboxylic acid groups (broad SMARTS) is 1. The number of benzene rings is 2. The van der Waals surface area contributed by atoms with Gasteiger partial charge in [-0.2, -0.15) is 0 Å². The van der Waals surface area contributed by atoms with E-state index in [1.165, 1.54) is 26.4 Å². The lowest BCUT2D eigenvalue weighted by atomic mass is 10.1. The van der Waals surface area contributed by atoms with E-state index in [0.717, 1.165) is 13.2 Å². The summed E-state index contributed by atoms with van der Waals surface area (Å²) in [5.74, 6) is -3.30. The van der Waals surface area contributed by atoms with E-state index in [0.29, 0.717) is 12.1 Å². The van der Waals surface area contributed by atoms with Crippen molar-refractivity contribution in [3.05, 3.63) is 47.3 Å². The number of nitrogens with one attached hydrogen (secondary N) is 1. The molecule has 2 N–H and O–H groups in total. The van der Waals surface area contributed by atoms with Crippen LogP contribution in [0.5, 0.6) is 11.5 Å². The summed E-state index contributed by atoms with van der Waals surface area (Å²) in [6, 6.07) is 4.69. The lowest BCUT2D eigenvalue weighted by Crippen LogP contribution is -2.17. The normalized spacial score (nSPS) is 10.9. The molecule has 28 heavy (non-hydrogen) atoms. The predicted octanol–water partition coefficient (Wildman–Crippen LogP) is 2.13. The molecule has 0 aliphatic carbocycles. The number of ether oxygens (including phenoxy) is 3. The third-order valence-electron chi connectivity index (χ3n) is 3.65. The highest BCUT2D eigenvalue weighted by Crippen LogP contribution is 2.34. The highest BCUT2D eigenvalue weighted by molar-refractivity contribution is 7.92. The zero-order valence-electron chi connectivity index (χ0n) is 15.0. The predicted molar refractivity (Wildman–Crippen MR) is 95.1 cm³/mol. The number of esters is 1. The van der Waals surface area contributed by atoms with Gasteiger partial charge < -0.3 is 19.3 Å². The number of carboxylic acids is 1. The molecule has 0 amide bonds. The second-order valence-corrected chi connectivity index (χ2v) is 6.98. The molecule has 0 aromatic heterocycles. The number of methoxy groups -OCH3 is 3. The number of hydrogen-bond donors (Lipinski definition) is 2. The van der Waals surface area contributed by atoms with Crippen molar-refractivity contribution in [3.8, 4) is 11.5 Å². The molecule has 9 nitrogen and oxygen atoms in total. The summed E-state index contributed by atoms with van der Waals surface area (Å²) in [7, 11) is -0.631. The van der Waals surface area contributed by atoms with E-state index in [9.17, 15) is 22.4 Å². The van der Waals surface area contributed by atoms with Gasteiger partial charge in [-0.25, -0.2) is 22.4 Å². The second-order valence-electron chi connectivity index (χ2n) is 5.30. The number of anilines is 1. The molecule has 0 fully saturated rings. The van der Waals surface area contributed by atoms with Gasteiger partial charge in [0.1, 0.15) is 5.82 Å². The molecule has 2 aromatic rings. The molecule has 0 radical (unpaired) electrons. The number of carbonyl (C=O) groups is 2. The van der Waals surface area contributed by atoms with Crippen LogP contribution >= 0.6 is 0 Å². The van der Waals surface area contributed by atoms with Gasteiger partial charge in [-0.05, 0) is 18.2 Å². The molecule has 0 spiro atoms. The summed E-state index contributed by atoms with van der Waals surface area (Å²) >= 11 is 0. The van der Waals surface area contributed by atoms with Crippen LogP contribution in [0, 0.1) is 5.82 Å². The zero-order chi connectivity index (χ0) is 21.1. The maximum Gasteiger partial charge on any atom is 0.340 e. The molecule has 0 aliphatic heterocycles. The lowest BCUT2D eigenvalue weighted by molar-refractivity contribution is 0.0600. The number of hydrogen-bond acceptors (Lipinski definition) is 7. The molecule has 0 saturated carbocycles. The maximum atomic E-state index is 13.5. The van der Waals surface area contributed by atoms with E-state index in [1.54, 1.807) is 0 Å². The molecule has 0 saturated heterocycles. The van der Waals surface area contributed by atoms with Crippen molar-refractivity contribution >= 4 is 27.6 Å². The van der Waals surface area contributed by atoms with Crippen molar-refractivity contribution in [2.75, 3.05) is 26.1 Å². The molecule has 0 aliphatic rings. The first-order valence-electron chi connectivity index (χ1n) is 7.54. The van der Waals surface area contributed by atoms with Crippen molar-refractivity contribution < 1.29 is 41.7 Å². The Morgan fingerprint density at radius 1 is 1.00 bits per heavy atom. The quantitative estimate of drug-likeness (QED) is 0.661. The van der Waals surface area contributed by atoms with Crippen LogP contribution in [0.3, 0.4) is 0 Å². The van der Waals surface area contributed by atoms with Gasteiger partial charge >= 0.3 is 11.9 Å². The van der Waals surface area contributed by atoms with Gasteiger partial charge in [0.25, 0.3) is 10.0 Å². The lowest BCUT2D eigenvalue weighted by Gasteiger charge is -2.15. The van der Waals surface area contributed by atoms with E-state index in [2.05, 4.69) is 9.46 Å². The minimum Gasteiger partial charge on any atom is -0.493 e. The van der Waals surface area contributed by atoms with Crippen LogP contribution in [0.15, 0.2) is 35.2 Å². The number of halogens is 1. The van der Waals surface area contributed by atoms with Crippen LogP contribution in [0.1, 0.15) is 20.7 Å². The molecule has 2 aromatic carbocycles. The average molecular weight is 413 g/mol. The van der Waals surface area contributed by atoms with Gasteiger partial charge in [-0.15, -0.1) is 0 Å². The number of rotatable bonds is 7. The van der Waals surface area contributed by atoms with Crippen molar-refractivity contribution in [1.82, 2.24) is 0 Å². The van der Waals surface area contributed by atoms with Crippen LogP contribution < -0.4 is 14.2 Å². The van der Waals surface area contributed by atoms with Gasteiger partial charge in [-0.1, -0.05) is 0 Å². The Hall–Kier alpha value is -3.34. The maximum absolute atomic E-state index is 13.5. The summed E-state index contributed by atoms with van der Waals surface area (Å²) < 4.78 is 55.8. The van der Waals surface area contributed by atoms with Crippen LogP contribution in [-0.4, -0.2) is 46.8 Å². The fraction of sp³-hybridized carbons (Fsp3) is 0.176. The molecule has 0 atom stereocenters. The number of carbonyl (C=O) groups excluding carboxylic acids is 1. The van der Waals surface area contributed by atoms with E-state index < -0.39 is 38.2 Å². The first kappa shape index (κ1) is 21.0. The Kier molecular flexibility index (Phi) is 6.09. The van der Waals surface area contributed by atoms with Crippen LogP contribution in [0.25, 0.3) is 0 Å². The summed E-state index contributed by atoms with van der Waals surface area (Å²) in [6.45, 7) is 0. The molecule has 0 unspecified atom stereocenters. The Morgan fingerprint density at radius 2 is 1.61 bits per heavy atom. The monoisotopic (exact) mass is 413 g/mol. The summed E-state index contributed by atoms with van der Waals surface area (Å²) in [6.07, 6.45) is 0. The minimum atomic E-state index is -4.38. The topological polar surface area (TPSA) is 128 Å². The molecular weight excluding hydrogens is 397 g/mol. The van der Waals surface area contributed by atoms with Crippen LogP contribution in [-0.2, 0) is 14.8 Å². The Labute approximate surface area is 159 Å². The molecule has 150 valence electrons. The van der Waals surface area contributed by atoms with Crippen molar-refractivity contribution in [2.24, 2.45) is 0 Å². The Bertz CT molecular complexity index is 1040. The van der Waals surface area contributed by atoms with Crippen LogP contribution in [0.4, 0.5) is 10.1 Å². The summed E-state index contributed by atoms with van der Waals surface area (Å²) in [5.41, 5.74) is -1.20. The molecular formula is C17H16FNO8S. The number of sulfonamides is 1. The number of aromatic carboxylic acids is 1. The first-order valence-corrected chi connectivity index (χ1v) is 9.03. The minimum absolute atomic E-state index is 0.123. The third-order valence-corrected chi connectivity index (χ3v) is 5.02. The molecule has 11 heteroatoms.